The van der Waals surface area contributed by atoms with Crippen molar-refractivity contribution >= 4 is 34.2 Å². The number of ether oxygens (including phenoxy) is 3. The molecule has 2 heterocycles. The maximum atomic E-state index is 12.9. The lowest BCUT2D eigenvalue weighted by atomic mass is 10.0. The molecule has 9 nitrogen and oxygen atoms in total. The predicted octanol–water partition coefficient (Wildman–Crippen LogP) is 5.16. The molecular weight excluding hydrogens is 482 g/mol. The third kappa shape index (κ3) is 5.39. The highest BCUT2D eigenvalue weighted by molar-refractivity contribution is 7.16. The molecule has 4 rings (SSSR count). The van der Waals surface area contributed by atoms with Crippen molar-refractivity contribution in [1.82, 2.24) is 4.90 Å². The molecule has 0 fully saturated rings. The van der Waals surface area contributed by atoms with Crippen LogP contribution in [0.2, 0.25) is 0 Å². The highest BCUT2D eigenvalue weighted by Gasteiger charge is 2.29. The second kappa shape index (κ2) is 11.3. The van der Waals surface area contributed by atoms with Gasteiger partial charge in [0, 0.05) is 30.7 Å². The number of carbonyl (C=O) groups is 1. The van der Waals surface area contributed by atoms with E-state index >= 15 is 0 Å². The van der Waals surface area contributed by atoms with Crippen molar-refractivity contribution in [2.45, 2.75) is 26.4 Å². The zero-order valence-electron chi connectivity index (χ0n) is 20.4. The Labute approximate surface area is 213 Å². The molecule has 188 valence electrons. The maximum Gasteiger partial charge on any atom is 0.341 e. The van der Waals surface area contributed by atoms with Crippen LogP contribution in [0.15, 0.2) is 47.5 Å². The van der Waals surface area contributed by atoms with Crippen molar-refractivity contribution < 1.29 is 23.9 Å². The summed E-state index contributed by atoms with van der Waals surface area (Å²) in [5.41, 5.74) is 2.67. The van der Waals surface area contributed by atoms with E-state index in [1.54, 1.807) is 6.92 Å². The lowest BCUT2D eigenvalue weighted by Gasteiger charge is -2.27. The van der Waals surface area contributed by atoms with Crippen LogP contribution >= 0.6 is 11.3 Å². The number of aliphatic imine (C=N–C) groups is 1. The van der Waals surface area contributed by atoms with Crippen molar-refractivity contribution in [2.75, 3.05) is 27.4 Å². The molecule has 1 aliphatic heterocycles. The number of hydrogen-bond donors (Lipinski definition) is 0. The van der Waals surface area contributed by atoms with Crippen LogP contribution in [0.5, 0.6) is 11.5 Å². The van der Waals surface area contributed by atoms with Crippen molar-refractivity contribution in [3.05, 3.63) is 79.7 Å². The van der Waals surface area contributed by atoms with Crippen LogP contribution in [0.25, 0.3) is 0 Å². The molecule has 3 aromatic rings. The van der Waals surface area contributed by atoms with Crippen LogP contribution in [0.4, 0.5) is 10.7 Å². The first-order valence-corrected chi connectivity index (χ1v) is 12.3. The van der Waals surface area contributed by atoms with Gasteiger partial charge >= 0.3 is 5.97 Å². The fourth-order valence-electron chi connectivity index (χ4n) is 4.20. The Morgan fingerprint density at radius 3 is 2.58 bits per heavy atom. The number of hydrogen-bond acceptors (Lipinski definition) is 9. The standard InChI is InChI=1S/C26H27N3O6S/c1-4-35-26(30)24-19-10-11-28(15-17-8-6-5-7-9-17)16-23(19)36-25(24)27-14-18-12-21(33-2)22(34-3)13-20(18)29(31)32/h5-9,12-14H,4,10-11,15-16H2,1-3H3. The topological polar surface area (TPSA) is 104 Å². The number of nitro benzene ring substituents is 1. The Kier molecular flexibility index (Phi) is 7.97. The van der Waals surface area contributed by atoms with Gasteiger partial charge in [0.05, 0.1) is 42.9 Å². The minimum Gasteiger partial charge on any atom is -0.493 e. The highest BCUT2D eigenvalue weighted by atomic mass is 32.1. The molecule has 10 heteroatoms. The molecule has 0 atom stereocenters. The van der Waals surface area contributed by atoms with Crippen molar-refractivity contribution in [1.29, 1.82) is 0 Å². The molecule has 2 aromatic carbocycles. The molecule has 1 aromatic heterocycles. The molecule has 1 aliphatic rings. The SMILES string of the molecule is CCOC(=O)c1c(N=Cc2cc(OC)c(OC)cc2[N+](=O)[O-])sc2c1CCN(Cc1ccccc1)C2. The largest absolute Gasteiger partial charge is 0.493 e. The number of nitrogens with zero attached hydrogens (tertiary/aromatic N) is 3. The zero-order chi connectivity index (χ0) is 25.7. The molecule has 0 bridgehead atoms. The first kappa shape index (κ1) is 25.3. The quantitative estimate of drug-likeness (QED) is 0.170. The fraction of sp³-hybridized carbons (Fsp3) is 0.308. The average molecular weight is 510 g/mol. The average Bonchev–Trinajstić information content (AvgIpc) is 3.25. The second-order valence-electron chi connectivity index (χ2n) is 8.13. The van der Waals surface area contributed by atoms with Gasteiger partial charge in [0.2, 0.25) is 0 Å². The predicted molar refractivity (Wildman–Crippen MR) is 138 cm³/mol. The second-order valence-corrected chi connectivity index (χ2v) is 9.22. The Morgan fingerprint density at radius 2 is 1.92 bits per heavy atom. The van der Waals surface area contributed by atoms with E-state index < -0.39 is 10.9 Å². The summed E-state index contributed by atoms with van der Waals surface area (Å²) >= 11 is 1.42. The van der Waals surface area contributed by atoms with Gasteiger partial charge in [-0.15, -0.1) is 11.3 Å². The molecule has 0 saturated carbocycles. The van der Waals surface area contributed by atoms with E-state index in [-0.39, 0.29) is 23.6 Å². The molecule has 0 amide bonds. The third-order valence-electron chi connectivity index (χ3n) is 5.90. The van der Waals surface area contributed by atoms with Gasteiger partial charge in [-0.2, -0.15) is 0 Å². The van der Waals surface area contributed by atoms with Crippen LogP contribution < -0.4 is 9.47 Å². The van der Waals surface area contributed by atoms with Gasteiger partial charge in [0.1, 0.15) is 5.00 Å². The number of esters is 1. The third-order valence-corrected chi connectivity index (χ3v) is 7.02. The number of methoxy groups -OCH3 is 2. The number of thiophene rings is 1. The Balaban J connectivity index is 1.69. The molecule has 0 aliphatic carbocycles. The highest BCUT2D eigenvalue weighted by Crippen LogP contribution is 2.40. The van der Waals surface area contributed by atoms with E-state index in [2.05, 4.69) is 22.0 Å². The number of nitro groups is 1. The molecule has 0 radical (unpaired) electrons. The van der Waals surface area contributed by atoms with Gasteiger partial charge in [0.25, 0.3) is 5.69 Å². The summed E-state index contributed by atoms with van der Waals surface area (Å²) in [6, 6.07) is 13.0. The van der Waals surface area contributed by atoms with Crippen LogP contribution in [0.1, 0.15) is 38.8 Å². The van der Waals surface area contributed by atoms with Crippen LogP contribution in [-0.2, 0) is 24.2 Å². The number of rotatable bonds is 9. The fourth-order valence-corrected chi connectivity index (χ4v) is 5.42. The van der Waals surface area contributed by atoms with Crippen LogP contribution in [0.3, 0.4) is 0 Å². The monoisotopic (exact) mass is 509 g/mol. The van der Waals surface area contributed by atoms with Crippen molar-refractivity contribution in [3.63, 3.8) is 0 Å². The normalized spacial score (nSPS) is 13.4. The number of fused-ring (bicyclic) bond motifs is 1. The summed E-state index contributed by atoms with van der Waals surface area (Å²) in [5.74, 6) is 0.163. The van der Waals surface area contributed by atoms with E-state index in [0.717, 1.165) is 23.5 Å². The minimum atomic E-state index is -0.503. The van der Waals surface area contributed by atoms with E-state index in [1.807, 2.05) is 18.2 Å². The lowest BCUT2D eigenvalue weighted by Crippen LogP contribution is -2.29. The zero-order valence-corrected chi connectivity index (χ0v) is 21.2. The lowest BCUT2D eigenvalue weighted by molar-refractivity contribution is -0.385. The number of carbonyl (C=O) groups excluding carboxylic acids is 1. The molecular formula is C26H27N3O6S. The van der Waals surface area contributed by atoms with Gasteiger partial charge in [-0.3, -0.25) is 15.0 Å². The van der Waals surface area contributed by atoms with Gasteiger partial charge in [-0.05, 0) is 30.5 Å². The summed E-state index contributed by atoms with van der Waals surface area (Å²) in [4.78, 5) is 32.0. The van der Waals surface area contributed by atoms with Gasteiger partial charge in [0.15, 0.2) is 11.5 Å². The summed E-state index contributed by atoms with van der Waals surface area (Å²) < 4.78 is 15.8. The first-order chi connectivity index (χ1) is 17.4. The Hall–Kier alpha value is -3.76. The van der Waals surface area contributed by atoms with Crippen molar-refractivity contribution in [2.24, 2.45) is 4.99 Å². The Bertz CT molecular complexity index is 1290. The van der Waals surface area contributed by atoms with E-state index in [4.69, 9.17) is 14.2 Å². The molecule has 0 unspecified atom stereocenters. The summed E-state index contributed by atoms with van der Waals surface area (Å²) in [5, 5.41) is 12.2. The first-order valence-electron chi connectivity index (χ1n) is 11.5. The summed E-state index contributed by atoms with van der Waals surface area (Å²) in [6.45, 7) is 4.30. The molecule has 0 N–H and O–H groups in total. The van der Waals surface area contributed by atoms with E-state index in [9.17, 15) is 14.9 Å². The van der Waals surface area contributed by atoms with E-state index in [0.29, 0.717) is 29.3 Å². The van der Waals surface area contributed by atoms with Crippen LogP contribution in [-0.4, -0.2) is 49.4 Å². The van der Waals surface area contributed by atoms with Gasteiger partial charge in [-0.25, -0.2) is 9.79 Å². The van der Waals surface area contributed by atoms with Crippen LogP contribution in [0, 0.1) is 10.1 Å². The maximum absolute atomic E-state index is 12.9. The Morgan fingerprint density at radius 1 is 1.19 bits per heavy atom. The number of benzene rings is 2. The smallest absolute Gasteiger partial charge is 0.341 e. The minimum absolute atomic E-state index is 0.176. The molecule has 36 heavy (non-hydrogen) atoms. The van der Waals surface area contributed by atoms with Gasteiger partial charge in [-0.1, -0.05) is 30.3 Å². The summed E-state index contributed by atoms with van der Waals surface area (Å²) in [6.07, 6.45) is 2.08. The van der Waals surface area contributed by atoms with Crippen molar-refractivity contribution in [3.8, 4) is 11.5 Å². The summed E-state index contributed by atoms with van der Waals surface area (Å²) in [7, 11) is 2.87. The molecule has 0 saturated heterocycles. The molecule has 0 spiro atoms. The van der Waals surface area contributed by atoms with E-state index in [1.165, 1.54) is 49.5 Å². The van der Waals surface area contributed by atoms with Gasteiger partial charge < -0.3 is 14.2 Å².